The largest absolute Gasteiger partial charge is 0.465 e. The lowest BCUT2D eigenvalue weighted by molar-refractivity contribution is -0.146. The van der Waals surface area contributed by atoms with Gasteiger partial charge in [-0.05, 0) is 59.6 Å². The van der Waals surface area contributed by atoms with Crippen LogP contribution in [0.25, 0.3) is 0 Å². The van der Waals surface area contributed by atoms with Crippen LogP contribution in [0.3, 0.4) is 0 Å². The second-order valence-corrected chi connectivity index (χ2v) is 10.2. The van der Waals surface area contributed by atoms with Crippen LogP contribution in [0.1, 0.15) is 57.8 Å². The van der Waals surface area contributed by atoms with Gasteiger partial charge in [0.2, 0.25) is 0 Å². The summed E-state index contributed by atoms with van der Waals surface area (Å²) in [6.07, 6.45) is 1.56. The summed E-state index contributed by atoms with van der Waals surface area (Å²) < 4.78 is 25.9. The third-order valence-corrected chi connectivity index (χ3v) is 6.57. The Balaban J connectivity index is 1.58. The fraction of sp³-hybridized carbons (Fsp3) is 0.640. The molecule has 9 heteroatoms. The second kappa shape index (κ2) is 9.07. The molecule has 4 rings (SSSR count). The molecule has 1 saturated heterocycles. The third kappa shape index (κ3) is 4.70. The van der Waals surface area contributed by atoms with E-state index >= 15 is 4.39 Å². The molecule has 1 aliphatic carbocycles. The van der Waals surface area contributed by atoms with Crippen molar-refractivity contribution in [2.45, 2.75) is 65.1 Å². The first-order valence-electron chi connectivity index (χ1n) is 12.1. The Morgan fingerprint density at radius 1 is 1.09 bits per heavy atom. The highest BCUT2D eigenvalue weighted by atomic mass is 19.1. The number of hydrogen-bond acceptors (Lipinski definition) is 7. The van der Waals surface area contributed by atoms with Crippen molar-refractivity contribution in [3.05, 3.63) is 23.5 Å². The number of benzene rings is 1. The van der Waals surface area contributed by atoms with E-state index in [2.05, 4.69) is 4.90 Å². The van der Waals surface area contributed by atoms with Gasteiger partial charge >= 0.3 is 12.1 Å². The summed E-state index contributed by atoms with van der Waals surface area (Å²) in [7, 11) is 0. The zero-order valence-electron chi connectivity index (χ0n) is 20.6. The molecule has 1 saturated carbocycles. The third-order valence-electron chi connectivity index (χ3n) is 6.57. The number of hydrogen-bond donors (Lipinski definition) is 0. The summed E-state index contributed by atoms with van der Waals surface area (Å²) in [4.78, 5) is 43.8. The van der Waals surface area contributed by atoms with Gasteiger partial charge in [0.25, 0.3) is 0 Å². The van der Waals surface area contributed by atoms with E-state index in [0.29, 0.717) is 37.6 Å². The summed E-state index contributed by atoms with van der Waals surface area (Å²) in [5.74, 6) is -2.42. The normalized spacial score (nSPS) is 23.0. The average Bonchev–Trinajstić information content (AvgIpc) is 3.58. The summed E-state index contributed by atoms with van der Waals surface area (Å²) in [6, 6.07) is 2.86. The maximum absolute atomic E-state index is 15.3. The van der Waals surface area contributed by atoms with E-state index in [1.54, 1.807) is 17.9 Å². The predicted octanol–water partition coefficient (Wildman–Crippen LogP) is 3.62. The lowest BCUT2D eigenvalue weighted by Gasteiger charge is -2.42. The lowest BCUT2D eigenvalue weighted by Crippen LogP contribution is -2.52. The van der Waals surface area contributed by atoms with E-state index < -0.39 is 29.1 Å². The van der Waals surface area contributed by atoms with Gasteiger partial charge in [-0.25, -0.2) is 9.18 Å². The van der Waals surface area contributed by atoms with E-state index in [1.807, 2.05) is 32.6 Å². The van der Waals surface area contributed by atoms with Crippen LogP contribution in [0, 0.1) is 11.7 Å². The minimum absolute atomic E-state index is 0.189. The number of rotatable bonds is 4. The molecule has 0 radical (unpaired) electrons. The van der Waals surface area contributed by atoms with Crippen molar-refractivity contribution < 1.29 is 28.2 Å². The molecule has 1 aromatic carbocycles. The lowest BCUT2D eigenvalue weighted by atomic mass is 9.84. The number of anilines is 2. The number of halogens is 1. The molecule has 0 unspecified atom stereocenters. The minimum atomic E-state index is -0.962. The Hall–Kier alpha value is -2.84. The molecular formula is C25H34FN3O5. The smallest absolute Gasteiger partial charge is 0.410 e. The van der Waals surface area contributed by atoms with E-state index in [0.717, 1.165) is 12.8 Å². The Bertz CT molecular complexity index is 979. The number of carbonyl (C=O) groups excluding carboxylic acids is 3. The van der Waals surface area contributed by atoms with Crippen LogP contribution in [-0.4, -0.2) is 73.2 Å². The Morgan fingerprint density at radius 3 is 2.29 bits per heavy atom. The molecule has 1 amide bonds. The Morgan fingerprint density at radius 2 is 1.74 bits per heavy atom. The van der Waals surface area contributed by atoms with E-state index in [4.69, 9.17) is 9.47 Å². The van der Waals surface area contributed by atoms with Crippen molar-refractivity contribution in [1.82, 2.24) is 4.90 Å². The topological polar surface area (TPSA) is 79.4 Å². The number of Topliss-reactive ketones (excluding diaryl/α,β-unsaturated/α-hetero) is 1. The van der Waals surface area contributed by atoms with Crippen LogP contribution in [0.15, 0.2) is 12.1 Å². The molecule has 186 valence electrons. The predicted molar refractivity (Wildman–Crippen MR) is 126 cm³/mol. The fourth-order valence-electron chi connectivity index (χ4n) is 4.85. The average molecular weight is 476 g/mol. The number of nitrogens with zero attached hydrogens (tertiary/aromatic N) is 3. The number of carbonyl (C=O) groups is 3. The quantitative estimate of drug-likeness (QED) is 0.486. The summed E-state index contributed by atoms with van der Waals surface area (Å²) in [6.45, 7) is 11.0. The van der Waals surface area contributed by atoms with E-state index in [-0.39, 0.29) is 30.3 Å². The molecule has 2 fully saturated rings. The molecule has 3 aliphatic rings. The maximum atomic E-state index is 15.3. The molecule has 2 heterocycles. The maximum Gasteiger partial charge on any atom is 0.410 e. The fourth-order valence-corrected chi connectivity index (χ4v) is 4.85. The minimum Gasteiger partial charge on any atom is -0.465 e. The summed E-state index contributed by atoms with van der Waals surface area (Å²) in [5.41, 5.74) is 0.737. The number of esters is 1. The van der Waals surface area contributed by atoms with Crippen molar-refractivity contribution in [2.24, 2.45) is 5.92 Å². The molecule has 0 bridgehead atoms. The first kappa shape index (κ1) is 24.3. The number of amides is 1. The van der Waals surface area contributed by atoms with E-state index in [1.165, 1.54) is 6.07 Å². The van der Waals surface area contributed by atoms with Crippen molar-refractivity contribution in [2.75, 3.05) is 42.6 Å². The van der Waals surface area contributed by atoms with Crippen LogP contribution < -0.4 is 9.80 Å². The number of fused-ring (bicyclic) bond motifs is 1. The summed E-state index contributed by atoms with van der Waals surface area (Å²) in [5, 5.41) is 0. The highest BCUT2D eigenvalue weighted by molar-refractivity contribution is 6.14. The van der Waals surface area contributed by atoms with Crippen LogP contribution in [-0.2, 0) is 14.3 Å². The van der Waals surface area contributed by atoms with Crippen LogP contribution in [0.5, 0.6) is 0 Å². The van der Waals surface area contributed by atoms with Gasteiger partial charge in [-0.15, -0.1) is 0 Å². The molecule has 0 spiro atoms. The van der Waals surface area contributed by atoms with Crippen LogP contribution in [0.4, 0.5) is 20.6 Å². The molecule has 2 aliphatic heterocycles. The zero-order valence-corrected chi connectivity index (χ0v) is 20.6. The van der Waals surface area contributed by atoms with Gasteiger partial charge in [-0.1, -0.05) is 0 Å². The highest BCUT2D eigenvalue weighted by Crippen LogP contribution is 2.44. The molecule has 0 N–H and O–H groups in total. The van der Waals surface area contributed by atoms with Gasteiger partial charge in [-0.3, -0.25) is 9.59 Å². The first-order chi connectivity index (χ1) is 16.0. The van der Waals surface area contributed by atoms with Gasteiger partial charge in [0.1, 0.15) is 17.3 Å². The SMILES string of the molecule is CCOC(=O)[C@@H]1C(=O)c2cc(F)c(N3CCN(C(=O)OC(C)(C)C)CC3)cc2N(C2CC2)[C@@H]1C. The van der Waals surface area contributed by atoms with Crippen LogP contribution >= 0.6 is 0 Å². The highest BCUT2D eigenvalue weighted by Gasteiger charge is 2.48. The van der Waals surface area contributed by atoms with E-state index in [9.17, 15) is 14.4 Å². The van der Waals surface area contributed by atoms with Crippen molar-refractivity contribution in [1.29, 1.82) is 0 Å². The van der Waals surface area contributed by atoms with Gasteiger partial charge in [0.05, 0.1) is 18.0 Å². The number of ketones is 1. The number of piperazine rings is 1. The van der Waals surface area contributed by atoms with Gasteiger partial charge in [0.15, 0.2) is 5.78 Å². The molecule has 0 aromatic heterocycles. The Labute approximate surface area is 200 Å². The molecular weight excluding hydrogens is 441 g/mol. The molecule has 34 heavy (non-hydrogen) atoms. The monoisotopic (exact) mass is 475 g/mol. The van der Waals surface area contributed by atoms with Crippen molar-refractivity contribution in [3.63, 3.8) is 0 Å². The van der Waals surface area contributed by atoms with Gasteiger partial charge in [0, 0.05) is 43.8 Å². The Kier molecular flexibility index (Phi) is 6.48. The summed E-state index contributed by atoms with van der Waals surface area (Å²) >= 11 is 0. The standard InChI is InChI=1S/C25H34FN3O5/c1-6-33-23(31)21-15(2)29(16-7-8-16)19-14-20(18(26)13-17(19)22(21)30)27-9-11-28(12-10-27)24(32)34-25(3,4)5/h13-16,21H,6-12H2,1-5H3/t15-,21+/m1/s1. The zero-order chi connectivity index (χ0) is 24.8. The van der Waals surface area contributed by atoms with Crippen molar-refractivity contribution >= 4 is 29.2 Å². The second-order valence-electron chi connectivity index (χ2n) is 10.2. The molecule has 1 aromatic rings. The van der Waals surface area contributed by atoms with Gasteiger partial charge < -0.3 is 24.2 Å². The van der Waals surface area contributed by atoms with Crippen molar-refractivity contribution in [3.8, 4) is 0 Å². The first-order valence-corrected chi connectivity index (χ1v) is 12.1. The molecule has 2 atom stereocenters. The van der Waals surface area contributed by atoms with Crippen LogP contribution in [0.2, 0.25) is 0 Å². The van der Waals surface area contributed by atoms with Gasteiger partial charge in [-0.2, -0.15) is 0 Å². The molecule has 8 nitrogen and oxygen atoms in total. The number of ether oxygens (including phenoxy) is 2.